The van der Waals surface area contributed by atoms with Gasteiger partial charge in [-0.3, -0.25) is 0 Å². The first kappa shape index (κ1) is 14.8. The summed E-state index contributed by atoms with van der Waals surface area (Å²) in [5.41, 5.74) is 1.29. The lowest BCUT2D eigenvalue weighted by Crippen LogP contribution is -2.21. The molecule has 1 N–H and O–H groups in total. The Kier molecular flexibility index (Phi) is 5.35. The molecule has 0 radical (unpaired) electrons. The molecule has 0 aliphatic carbocycles. The lowest BCUT2D eigenvalue weighted by Gasteiger charge is -2.12. The summed E-state index contributed by atoms with van der Waals surface area (Å²) in [5.74, 6) is 1.69. The van der Waals surface area contributed by atoms with E-state index < -0.39 is 0 Å². The van der Waals surface area contributed by atoms with E-state index in [1.165, 1.54) is 5.69 Å². The Hall–Kier alpha value is -1.62. The van der Waals surface area contributed by atoms with Gasteiger partial charge in [-0.05, 0) is 31.0 Å². The second kappa shape index (κ2) is 7.24. The van der Waals surface area contributed by atoms with Crippen molar-refractivity contribution in [2.24, 2.45) is 5.92 Å². The zero-order valence-electron chi connectivity index (χ0n) is 12.7. The maximum absolute atomic E-state index is 4.37. The van der Waals surface area contributed by atoms with Crippen molar-refractivity contribution < 1.29 is 0 Å². The minimum atomic E-state index is 0.672. The highest BCUT2D eigenvalue weighted by Crippen LogP contribution is 2.07. The summed E-state index contributed by atoms with van der Waals surface area (Å²) in [6.07, 6.45) is 4.83. The first-order valence-electron chi connectivity index (χ1n) is 7.42. The zero-order chi connectivity index (χ0) is 14.4. The Labute approximate surface area is 121 Å². The second-order valence-electron chi connectivity index (χ2n) is 5.55. The van der Waals surface area contributed by atoms with E-state index in [0.717, 1.165) is 38.4 Å². The number of nitrogens with zero attached hydrogens (tertiary/aromatic N) is 4. The van der Waals surface area contributed by atoms with Crippen LogP contribution < -0.4 is 5.32 Å². The number of nitrogens with one attached hydrogen (secondary N) is 1. The highest BCUT2D eigenvalue weighted by molar-refractivity contribution is 5.08. The molecule has 0 aromatic carbocycles. The predicted molar refractivity (Wildman–Crippen MR) is 80.4 cm³/mol. The number of rotatable bonds is 8. The van der Waals surface area contributed by atoms with Crippen molar-refractivity contribution in [3.05, 3.63) is 36.2 Å². The van der Waals surface area contributed by atoms with Gasteiger partial charge in [0.15, 0.2) is 0 Å². The van der Waals surface area contributed by atoms with Gasteiger partial charge in [0.25, 0.3) is 0 Å². The molecule has 20 heavy (non-hydrogen) atoms. The molecule has 0 aliphatic heterocycles. The van der Waals surface area contributed by atoms with E-state index in [9.17, 15) is 0 Å². The topological polar surface area (TPSA) is 47.7 Å². The molecule has 2 aromatic rings. The van der Waals surface area contributed by atoms with E-state index in [-0.39, 0.29) is 0 Å². The molecule has 0 bridgehead atoms. The number of hydrogen-bond acceptors (Lipinski definition) is 3. The van der Waals surface area contributed by atoms with Crippen LogP contribution in [0.1, 0.15) is 38.7 Å². The Morgan fingerprint density at radius 3 is 2.95 bits per heavy atom. The first-order valence-corrected chi connectivity index (χ1v) is 7.42. The highest BCUT2D eigenvalue weighted by atomic mass is 15.3. The number of aryl methyl sites for hydroxylation is 1. The van der Waals surface area contributed by atoms with Crippen LogP contribution in [0.5, 0.6) is 0 Å². The maximum atomic E-state index is 4.37. The fraction of sp³-hybridized carbons (Fsp3) is 0.600. The molecule has 5 nitrogen and oxygen atoms in total. The quantitative estimate of drug-likeness (QED) is 0.804. The van der Waals surface area contributed by atoms with Crippen molar-refractivity contribution in [2.45, 2.75) is 46.8 Å². The minimum absolute atomic E-state index is 0.672. The summed E-state index contributed by atoms with van der Waals surface area (Å²) in [6.45, 7) is 10.2. The van der Waals surface area contributed by atoms with Gasteiger partial charge in [-0.1, -0.05) is 20.8 Å². The lowest BCUT2D eigenvalue weighted by atomic mass is 10.2. The van der Waals surface area contributed by atoms with Gasteiger partial charge in [-0.25, -0.2) is 9.67 Å². The molecule has 0 saturated heterocycles. The van der Waals surface area contributed by atoms with Crippen molar-refractivity contribution in [3.63, 3.8) is 0 Å². The minimum Gasteiger partial charge on any atom is -0.343 e. The molecule has 0 aliphatic rings. The Balaban J connectivity index is 1.99. The summed E-state index contributed by atoms with van der Waals surface area (Å²) in [7, 11) is 0. The van der Waals surface area contributed by atoms with Crippen molar-refractivity contribution in [1.82, 2.24) is 24.6 Å². The summed E-state index contributed by atoms with van der Waals surface area (Å²) in [4.78, 5) is 4.37. The van der Waals surface area contributed by atoms with Crippen LogP contribution in [-0.4, -0.2) is 25.9 Å². The van der Waals surface area contributed by atoms with Crippen LogP contribution >= 0.6 is 0 Å². The van der Waals surface area contributed by atoms with Crippen molar-refractivity contribution in [1.29, 1.82) is 0 Å². The van der Waals surface area contributed by atoms with Gasteiger partial charge in [0, 0.05) is 25.0 Å². The molecular formula is C15H25N5. The van der Waals surface area contributed by atoms with Gasteiger partial charge in [-0.15, -0.1) is 0 Å². The first-order chi connectivity index (χ1) is 9.70. The third-order valence-corrected chi connectivity index (χ3v) is 3.23. The van der Waals surface area contributed by atoms with Crippen LogP contribution in [0.3, 0.4) is 0 Å². The van der Waals surface area contributed by atoms with Crippen LogP contribution in [0.25, 0.3) is 0 Å². The zero-order valence-corrected chi connectivity index (χ0v) is 12.7. The summed E-state index contributed by atoms with van der Waals surface area (Å²) in [6, 6.07) is 4.25. The maximum Gasteiger partial charge on any atom is 0.146 e. The molecule has 2 aromatic heterocycles. The van der Waals surface area contributed by atoms with E-state index in [4.69, 9.17) is 0 Å². The van der Waals surface area contributed by atoms with Crippen molar-refractivity contribution in [3.8, 4) is 0 Å². The van der Waals surface area contributed by atoms with Crippen LogP contribution in [-0.2, 0) is 19.6 Å². The molecule has 0 saturated carbocycles. The normalized spacial score (nSPS) is 11.4. The van der Waals surface area contributed by atoms with Crippen LogP contribution in [0, 0.1) is 5.92 Å². The van der Waals surface area contributed by atoms with Gasteiger partial charge < -0.3 is 9.88 Å². The molecular weight excluding hydrogens is 250 g/mol. The van der Waals surface area contributed by atoms with Crippen LogP contribution in [0.4, 0.5) is 0 Å². The largest absolute Gasteiger partial charge is 0.343 e. The third-order valence-electron chi connectivity index (χ3n) is 3.23. The molecule has 110 valence electrons. The fourth-order valence-corrected chi connectivity index (χ4v) is 2.21. The van der Waals surface area contributed by atoms with Gasteiger partial charge in [-0.2, -0.15) is 5.10 Å². The van der Waals surface area contributed by atoms with Gasteiger partial charge >= 0.3 is 0 Å². The van der Waals surface area contributed by atoms with Crippen LogP contribution in [0.2, 0.25) is 0 Å². The van der Waals surface area contributed by atoms with Gasteiger partial charge in [0.05, 0.1) is 6.54 Å². The Morgan fingerprint density at radius 2 is 2.20 bits per heavy atom. The SMILES string of the molecule is CCCn1ncnc1Cn1cccc1CNCC(C)C. The van der Waals surface area contributed by atoms with E-state index in [1.54, 1.807) is 6.33 Å². The second-order valence-corrected chi connectivity index (χ2v) is 5.55. The van der Waals surface area contributed by atoms with Crippen molar-refractivity contribution in [2.75, 3.05) is 6.54 Å². The van der Waals surface area contributed by atoms with E-state index in [0.29, 0.717) is 5.92 Å². The Bertz CT molecular complexity index is 512. The molecule has 0 atom stereocenters. The summed E-state index contributed by atoms with van der Waals surface area (Å²) < 4.78 is 4.23. The van der Waals surface area contributed by atoms with E-state index >= 15 is 0 Å². The summed E-state index contributed by atoms with van der Waals surface area (Å²) in [5, 5.41) is 7.76. The van der Waals surface area contributed by atoms with Gasteiger partial charge in [0.2, 0.25) is 0 Å². The van der Waals surface area contributed by atoms with Crippen LogP contribution in [0.15, 0.2) is 24.7 Å². The average Bonchev–Trinajstić information content (AvgIpc) is 3.01. The van der Waals surface area contributed by atoms with E-state index in [2.05, 4.69) is 59.1 Å². The smallest absolute Gasteiger partial charge is 0.146 e. The average molecular weight is 275 g/mol. The van der Waals surface area contributed by atoms with Crippen molar-refractivity contribution >= 4 is 0 Å². The highest BCUT2D eigenvalue weighted by Gasteiger charge is 2.07. The summed E-state index contributed by atoms with van der Waals surface area (Å²) >= 11 is 0. The standard InChI is InChI=1S/C15H25N5/c1-4-7-20-15(17-12-18-20)11-19-8-5-6-14(19)10-16-9-13(2)3/h5-6,8,12-13,16H,4,7,9-11H2,1-3H3. The number of hydrogen-bond donors (Lipinski definition) is 1. The molecule has 0 unspecified atom stereocenters. The molecule has 2 rings (SSSR count). The van der Waals surface area contributed by atoms with E-state index in [1.807, 2.05) is 4.68 Å². The monoisotopic (exact) mass is 275 g/mol. The fourth-order valence-electron chi connectivity index (χ4n) is 2.21. The number of aromatic nitrogens is 4. The molecule has 2 heterocycles. The Morgan fingerprint density at radius 1 is 1.35 bits per heavy atom. The molecule has 0 spiro atoms. The molecule has 0 amide bonds. The molecule has 5 heteroatoms. The third kappa shape index (κ3) is 3.93. The molecule has 0 fully saturated rings. The van der Waals surface area contributed by atoms with Gasteiger partial charge in [0.1, 0.15) is 12.2 Å². The lowest BCUT2D eigenvalue weighted by molar-refractivity contribution is 0.525. The predicted octanol–water partition coefficient (Wildman–Crippen LogP) is 2.28.